The Morgan fingerprint density at radius 2 is 1.62 bits per heavy atom. The molecule has 29 heavy (non-hydrogen) atoms. The molecule has 1 saturated heterocycles. The van der Waals surface area contributed by atoms with E-state index in [1.165, 1.54) is 22.6 Å². The predicted octanol–water partition coefficient (Wildman–Crippen LogP) is 2.36. The maximum Gasteiger partial charge on any atom is 0.257 e. The molecule has 1 aromatic heterocycles. The van der Waals surface area contributed by atoms with Crippen LogP contribution in [-0.2, 0) is 10.0 Å². The van der Waals surface area contributed by atoms with Crippen LogP contribution in [0.1, 0.15) is 10.4 Å². The molecular weight excluding hydrogens is 395 g/mol. The van der Waals surface area contributed by atoms with Crippen molar-refractivity contribution in [3.05, 3.63) is 72.2 Å². The molecule has 0 saturated carbocycles. The van der Waals surface area contributed by atoms with Crippen LogP contribution in [0.15, 0.2) is 65.7 Å². The number of nitrogens with one attached hydrogen (secondary N) is 1. The lowest BCUT2D eigenvalue weighted by molar-refractivity contribution is 0.0698. The molecule has 2 aromatic carbocycles. The Kier molecular flexibility index (Phi) is 5.16. The van der Waals surface area contributed by atoms with Crippen LogP contribution in [0.5, 0.6) is 0 Å². The summed E-state index contributed by atoms with van der Waals surface area (Å²) < 4.78 is 39.9. The molecule has 0 bridgehead atoms. The number of hydrogen-bond acceptors (Lipinski definition) is 4. The zero-order chi connectivity index (χ0) is 20.4. The standard InChI is InChI=1S/C20H19FN4O3S/c21-16-6-8-17(9-7-16)29(27,28)25-12-10-24(11-13-25)20(26)18-14-22-23-19(18)15-4-2-1-3-5-15/h1-9,14H,10-13H2,(H,22,23). The smallest absolute Gasteiger partial charge is 0.257 e. The number of carbonyl (C=O) groups is 1. The summed E-state index contributed by atoms with van der Waals surface area (Å²) in [7, 11) is -3.72. The van der Waals surface area contributed by atoms with Gasteiger partial charge < -0.3 is 4.90 Å². The van der Waals surface area contributed by atoms with Gasteiger partial charge in [-0.05, 0) is 24.3 Å². The predicted molar refractivity (Wildman–Crippen MR) is 105 cm³/mol. The van der Waals surface area contributed by atoms with Crippen LogP contribution in [0.4, 0.5) is 4.39 Å². The van der Waals surface area contributed by atoms with Gasteiger partial charge in [-0.25, -0.2) is 12.8 Å². The molecule has 1 aliphatic heterocycles. The monoisotopic (exact) mass is 414 g/mol. The molecule has 9 heteroatoms. The molecule has 0 radical (unpaired) electrons. The largest absolute Gasteiger partial charge is 0.336 e. The van der Waals surface area contributed by atoms with Gasteiger partial charge in [0.2, 0.25) is 10.0 Å². The Labute approximate surface area is 167 Å². The van der Waals surface area contributed by atoms with Gasteiger partial charge in [0, 0.05) is 31.7 Å². The first kappa shape index (κ1) is 19.3. The van der Waals surface area contributed by atoms with E-state index in [9.17, 15) is 17.6 Å². The zero-order valence-corrected chi connectivity index (χ0v) is 16.3. The second kappa shape index (κ2) is 7.76. The van der Waals surface area contributed by atoms with E-state index in [4.69, 9.17) is 0 Å². The summed E-state index contributed by atoms with van der Waals surface area (Å²) in [4.78, 5) is 14.6. The summed E-state index contributed by atoms with van der Waals surface area (Å²) in [6.07, 6.45) is 1.49. The topological polar surface area (TPSA) is 86.4 Å². The number of H-pyrrole nitrogens is 1. The maximum atomic E-state index is 13.1. The minimum absolute atomic E-state index is 0.0416. The fourth-order valence-corrected chi connectivity index (χ4v) is 4.75. The third-order valence-electron chi connectivity index (χ3n) is 4.91. The van der Waals surface area contributed by atoms with E-state index in [0.29, 0.717) is 11.3 Å². The van der Waals surface area contributed by atoms with Gasteiger partial charge in [0.25, 0.3) is 5.91 Å². The van der Waals surface area contributed by atoms with Crippen molar-refractivity contribution in [1.29, 1.82) is 0 Å². The lowest BCUT2D eigenvalue weighted by atomic mass is 10.1. The molecule has 0 unspecified atom stereocenters. The molecule has 1 aliphatic rings. The van der Waals surface area contributed by atoms with E-state index in [-0.39, 0.29) is 37.0 Å². The Morgan fingerprint density at radius 1 is 0.966 bits per heavy atom. The average Bonchev–Trinajstić information content (AvgIpc) is 3.24. The van der Waals surface area contributed by atoms with Crippen molar-refractivity contribution in [3.63, 3.8) is 0 Å². The fraction of sp³-hybridized carbons (Fsp3) is 0.200. The minimum atomic E-state index is -3.72. The van der Waals surface area contributed by atoms with Gasteiger partial charge in [0.1, 0.15) is 5.82 Å². The molecule has 4 rings (SSSR count). The van der Waals surface area contributed by atoms with E-state index in [0.717, 1.165) is 17.7 Å². The average molecular weight is 414 g/mol. The van der Waals surface area contributed by atoms with Gasteiger partial charge in [-0.2, -0.15) is 9.40 Å². The number of piperazine rings is 1. The van der Waals surface area contributed by atoms with Gasteiger partial charge in [-0.1, -0.05) is 30.3 Å². The third-order valence-corrected chi connectivity index (χ3v) is 6.82. The Balaban J connectivity index is 1.47. The number of sulfonamides is 1. The summed E-state index contributed by atoms with van der Waals surface area (Å²) in [5.41, 5.74) is 1.94. The molecule has 7 nitrogen and oxygen atoms in total. The molecule has 0 aliphatic carbocycles. The third kappa shape index (κ3) is 3.79. The van der Waals surface area contributed by atoms with Crippen LogP contribution in [0.25, 0.3) is 11.3 Å². The highest BCUT2D eigenvalue weighted by Crippen LogP contribution is 2.23. The van der Waals surface area contributed by atoms with Crippen molar-refractivity contribution in [1.82, 2.24) is 19.4 Å². The minimum Gasteiger partial charge on any atom is -0.336 e. The molecule has 150 valence electrons. The van der Waals surface area contributed by atoms with E-state index >= 15 is 0 Å². The zero-order valence-electron chi connectivity index (χ0n) is 15.5. The highest BCUT2D eigenvalue weighted by molar-refractivity contribution is 7.89. The van der Waals surface area contributed by atoms with Crippen LogP contribution in [0.3, 0.4) is 0 Å². The normalized spacial score (nSPS) is 15.4. The summed E-state index contributed by atoms with van der Waals surface area (Å²) in [6, 6.07) is 14.2. The van der Waals surface area contributed by atoms with E-state index in [2.05, 4.69) is 10.2 Å². The van der Waals surface area contributed by atoms with E-state index in [1.807, 2.05) is 30.3 Å². The number of halogens is 1. The van der Waals surface area contributed by atoms with Crippen LogP contribution < -0.4 is 0 Å². The lowest BCUT2D eigenvalue weighted by Gasteiger charge is -2.34. The second-order valence-electron chi connectivity index (χ2n) is 6.67. The van der Waals surface area contributed by atoms with Crippen molar-refractivity contribution in [2.45, 2.75) is 4.90 Å². The van der Waals surface area contributed by atoms with Crippen LogP contribution in [0, 0.1) is 5.82 Å². The highest BCUT2D eigenvalue weighted by atomic mass is 32.2. The molecule has 1 fully saturated rings. The summed E-state index contributed by atoms with van der Waals surface area (Å²) >= 11 is 0. The Morgan fingerprint density at radius 3 is 2.28 bits per heavy atom. The van der Waals surface area contributed by atoms with Crippen molar-refractivity contribution < 1.29 is 17.6 Å². The highest BCUT2D eigenvalue weighted by Gasteiger charge is 2.31. The first-order valence-electron chi connectivity index (χ1n) is 9.10. The van der Waals surface area contributed by atoms with Crippen molar-refractivity contribution in [2.75, 3.05) is 26.2 Å². The molecule has 2 heterocycles. The first-order valence-corrected chi connectivity index (χ1v) is 10.5. The molecule has 3 aromatic rings. The number of aromatic amines is 1. The number of nitrogens with zero attached hydrogens (tertiary/aromatic N) is 3. The van der Waals surface area contributed by atoms with Gasteiger partial charge in [0.15, 0.2) is 0 Å². The molecule has 0 atom stereocenters. The van der Waals surface area contributed by atoms with Gasteiger partial charge in [-0.3, -0.25) is 9.89 Å². The number of aromatic nitrogens is 2. The van der Waals surface area contributed by atoms with Crippen molar-refractivity contribution in [3.8, 4) is 11.3 Å². The maximum absolute atomic E-state index is 13.1. The summed E-state index contributed by atoms with van der Waals surface area (Å²) in [5, 5.41) is 6.87. The Bertz CT molecular complexity index is 1110. The quantitative estimate of drug-likeness (QED) is 0.710. The van der Waals surface area contributed by atoms with E-state index < -0.39 is 15.8 Å². The number of benzene rings is 2. The van der Waals surface area contributed by atoms with E-state index in [1.54, 1.807) is 4.90 Å². The molecular formula is C20H19FN4O3S. The Hall–Kier alpha value is -3.04. The molecule has 1 amide bonds. The van der Waals surface area contributed by atoms with Gasteiger partial charge in [0.05, 0.1) is 22.3 Å². The lowest BCUT2D eigenvalue weighted by Crippen LogP contribution is -2.50. The van der Waals surface area contributed by atoms with Crippen molar-refractivity contribution in [2.24, 2.45) is 0 Å². The SMILES string of the molecule is O=C(c1cn[nH]c1-c1ccccc1)N1CCN(S(=O)(=O)c2ccc(F)cc2)CC1. The van der Waals surface area contributed by atoms with Gasteiger partial charge >= 0.3 is 0 Å². The van der Waals surface area contributed by atoms with Crippen LogP contribution >= 0.6 is 0 Å². The number of amides is 1. The fourth-order valence-electron chi connectivity index (χ4n) is 3.33. The molecule has 0 spiro atoms. The second-order valence-corrected chi connectivity index (χ2v) is 8.61. The number of carbonyl (C=O) groups excluding carboxylic acids is 1. The van der Waals surface area contributed by atoms with Crippen LogP contribution in [-0.4, -0.2) is 59.9 Å². The van der Waals surface area contributed by atoms with Gasteiger partial charge in [-0.15, -0.1) is 0 Å². The number of rotatable bonds is 4. The van der Waals surface area contributed by atoms with Crippen LogP contribution in [0.2, 0.25) is 0 Å². The molecule has 1 N–H and O–H groups in total. The first-order chi connectivity index (χ1) is 14.0. The summed E-state index contributed by atoms with van der Waals surface area (Å²) in [5.74, 6) is -0.690. The summed E-state index contributed by atoms with van der Waals surface area (Å²) in [6.45, 7) is 0.866. The van der Waals surface area contributed by atoms with Crippen molar-refractivity contribution >= 4 is 15.9 Å². The number of hydrogen-bond donors (Lipinski definition) is 1.